The molecule has 0 aromatic heterocycles. The first kappa shape index (κ1) is 19.0. The molecule has 5 nitrogen and oxygen atoms in total. The van der Waals surface area contributed by atoms with Crippen LogP contribution in [0.5, 0.6) is 0 Å². The van der Waals surface area contributed by atoms with E-state index in [4.69, 9.17) is 34.8 Å². The van der Waals surface area contributed by atoms with Crippen molar-refractivity contribution in [2.75, 3.05) is 0 Å². The first-order valence-corrected chi connectivity index (χ1v) is 9.26. The molecule has 2 rings (SSSR count). The molecule has 0 bridgehead atoms. The van der Waals surface area contributed by atoms with E-state index in [0.717, 1.165) is 6.07 Å². The van der Waals surface area contributed by atoms with E-state index < -0.39 is 22.0 Å². The molecule has 0 radical (unpaired) electrons. The van der Waals surface area contributed by atoms with Crippen LogP contribution in [0.4, 0.5) is 0 Å². The largest absolute Gasteiger partial charge is 0.480 e. The van der Waals surface area contributed by atoms with Gasteiger partial charge in [0, 0.05) is 0 Å². The van der Waals surface area contributed by atoms with Gasteiger partial charge in [-0.15, -0.1) is 0 Å². The lowest BCUT2D eigenvalue weighted by Crippen LogP contribution is -2.42. The third kappa shape index (κ3) is 4.62. The Morgan fingerprint density at radius 2 is 1.62 bits per heavy atom. The van der Waals surface area contributed by atoms with Crippen LogP contribution < -0.4 is 4.72 Å². The molecular formula is C15H12Cl3NO4S. The molecule has 2 aromatic carbocycles. The van der Waals surface area contributed by atoms with Crippen molar-refractivity contribution in [3.05, 3.63) is 63.1 Å². The molecule has 1 atom stereocenters. The van der Waals surface area contributed by atoms with Crippen LogP contribution in [0.25, 0.3) is 0 Å². The molecule has 0 saturated carbocycles. The summed E-state index contributed by atoms with van der Waals surface area (Å²) in [7, 11) is -4.20. The minimum absolute atomic E-state index is 0.00336. The Kier molecular flexibility index (Phi) is 6.11. The monoisotopic (exact) mass is 407 g/mol. The summed E-state index contributed by atoms with van der Waals surface area (Å²) in [5, 5.41) is 9.25. The van der Waals surface area contributed by atoms with Crippen LogP contribution in [0.3, 0.4) is 0 Å². The number of hydrogen-bond donors (Lipinski definition) is 2. The second kappa shape index (κ2) is 7.72. The molecule has 9 heteroatoms. The number of carboxylic acids is 1. The second-order valence-corrected chi connectivity index (χ2v) is 7.80. The highest BCUT2D eigenvalue weighted by molar-refractivity contribution is 7.89. The van der Waals surface area contributed by atoms with E-state index in [1.54, 1.807) is 30.3 Å². The van der Waals surface area contributed by atoms with Gasteiger partial charge >= 0.3 is 5.97 Å². The Balaban J connectivity index is 2.31. The summed E-state index contributed by atoms with van der Waals surface area (Å²) >= 11 is 17.5. The van der Waals surface area contributed by atoms with Gasteiger partial charge in [-0.3, -0.25) is 4.79 Å². The minimum Gasteiger partial charge on any atom is -0.480 e. The third-order valence-electron chi connectivity index (χ3n) is 3.14. The highest BCUT2D eigenvalue weighted by Gasteiger charge is 2.28. The number of sulfonamides is 1. The van der Waals surface area contributed by atoms with Crippen LogP contribution in [0, 0.1) is 0 Å². The fraction of sp³-hybridized carbons (Fsp3) is 0.133. The van der Waals surface area contributed by atoms with E-state index in [2.05, 4.69) is 4.72 Å². The van der Waals surface area contributed by atoms with E-state index >= 15 is 0 Å². The highest BCUT2D eigenvalue weighted by Crippen LogP contribution is 2.31. The van der Waals surface area contributed by atoms with Gasteiger partial charge in [-0.1, -0.05) is 65.1 Å². The number of benzene rings is 2. The fourth-order valence-electron chi connectivity index (χ4n) is 1.99. The summed E-state index contributed by atoms with van der Waals surface area (Å²) in [4.78, 5) is 11.1. The predicted octanol–water partition coefficient (Wildman–Crippen LogP) is 3.62. The summed E-state index contributed by atoms with van der Waals surface area (Å²) in [6, 6.07) is 9.56. The lowest BCUT2D eigenvalue weighted by molar-refractivity contribution is -0.138. The van der Waals surface area contributed by atoms with Gasteiger partial charge in [0.15, 0.2) is 0 Å². The molecule has 2 N–H and O–H groups in total. The van der Waals surface area contributed by atoms with Gasteiger partial charge in [-0.2, -0.15) is 4.72 Å². The Hall–Kier alpha value is -1.31. The molecule has 0 spiro atoms. The summed E-state index contributed by atoms with van der Waals surface area (Å²) in [6.45, 7) is 0. The van der Waals surface area contributed by atoms with Crippen molar-refractivity contribution in [3.8, 4) is 0 Å². The number of nitrogens with one attached hydrogen (secondary N) is 1. The molecule has 0 amide bonds. The van der Waals surface area contributed by atoms with Crippen LogP contribution in [-0.4, -0.2) is 25.5 Å². The van der Waals surface area contributed by atoms with Gasteiger partial charge in [0.05, 0.1) is 15.1 Å². The molecule has 0 aliphatic rings. The maximum atomic E-state index is 12.5. The second-order valence-electron chi connectivity index (χ2n) is 4.90. The maximum absolute atomic E-state index is 12.5. The lowest BCUT2D eigenvalue weighted by atomic mass is 10.1. The predicted molar refractivity (Wildman–Crippen MR) is 93.4 cm³/mol. The van der Waals surface area contributed by atoms with E-state index in [9.17, 15) is 18.3 Å². The minimum atomic E-state index is -4.20. The third-order valence-corrected chi connectivity index (χ3v) is 5.80. The maximum Gasteiger partial charge on any atom is 0.322 e. The van der Waals surface area contributed by atoms with E-state index in [0.29, 0.717) is 5.56 Å². The number of rotatable bonds is 6. The van der Waals surface area contributed by atoms with E-state index in [-0.39, 0.29) is 26.4 Å². The van der Waals surface area contributed by atoms with Gasteiger partial charge in [-0.25, -0.2) is 8.42 Å². The topological polar surface area (TPSA) is 83.5 Å². The number of aliphatic carboxylic acids is 1. The Bertz CT molecular complexity index is 857. The van der Waals surface area contributed by atoms with Crippen molar-refractivity contribution in [3.63, 3.8) is 0 Å². The average Bonchev–Trinajstić information content (AvgIpc) is 2.51. The molecular weight excluding hydrogens is 397 g/mol. The molecule has 128 valence electrons. The van der Waals surface area contributed by atoms with Gasteiger partial charge in [-0.05, 0) is 24.1 Å². The standard InChI is InChI=1S/C15H12Cl3NO4S/c16-10-7-12(18)14(8-11(10)17)24(22,23)19-13(15(20)21)6-9-4-2-1-3-5-9/h1-5,7-8,13,19H,6H2,(H,20,21)/t13-/m0/s1. The van der Waals surface area contributed by atoms with Gasteiger partial charge in [0.2, 0.25) is 10.0 Å². The zero-order chi connectivity index (χ0) is 17.9. The Labute approximate surface area is 154 Å². The summed E-state index contributed by atoms with van der Waals surface area (Å²) < 4.78 is 27.1. The van der Waals surface area contributed by atoms with Gasteiger partial charge in [0.25, 0.3) is 0 Å². The number of carboxylic acid groups (broad SMARTS) is 1. The molecule has 0 aliphatic carbocycles. The van der Waals surface area contributed by atoms with Crippen LogP contribution in [0.15, 0.2) is 47.4 Å². The van der Waals surface area contributed by atoms with Crippen molar-refractivity contribution in [1.82, 2.24) is 4.72 Å². The smallest absolute Gasteiger partial charge is 0.322 e. The zero-order valence-corrected chi connectivity index (χ0v) is 15.1. The molecule has 2 aromatic rings. The van der Waals surface area contributed by atoms with Crippen LogP contribution >= 0.6 is 34.8 Å². The molecule has 0 aliphatic heterocycles. The molecule has 0 unspecified atom stereocenters. The molecule has 0 saturated heterocycles. The van der Waals surface area contributed by atoms with Crippen molar-refractivity contribution >= 4 is 50.8 Å². The van der Waals surface area contributed by atoms with Crippen molar-refractivity contribution < 1.29 is 18.3 Å². The molecule has 0 fully saturated rings. The zero-order valence-electron chi connectivity index (χ0n) is 12.0. The fourth-order valence-corrected chi connectivity index (χ4v) is 4.18. The highest BCUT2D eigenvalue weighted by atomic mass is 35.5. The number of carbonyl (C=O) groups is 1. The Morgan fingerprint density at radius 3 is 2.21 bits per heavy atom. The quantitative estimate of drug-likeness (QED) is 0.715. The van der Waals surface area contributed by atoms with Crippen molar-refractivity contribution in [1.29, 1.82) is 0 Å². The number of hydrogen-bond acceptors (Lipinski definition) is 3. The normalized spacial score (nSPS) is 12.8. The first-order chi connectivity index (χ1) is 11.2. The summed E-state index contributed by atoms with van der Waals surface area (Å²) in [5.74, 6) is -1.31. The Morgan fingerprint density at radius 1 is 1.04 bits per heavy atom. The van der Waals surface area contributed by atoms with E-state index in [1.807, 2.05) is 0 Å². The van der Waals surface area contributed by atoms with Gasteiger partial charge in [0.1, 0.15) is 10.9 Å². The van der Waals surface area contributed by atoms with Gasteiger partial charge < -0.3 is 5.11 Å². The molecule has 0 heterocycles. The van der Waals surface area contributed by atoms with E-state index in [1.165, 1.54) is 6.07 Å². The number of halogens is 3. The first-order valence-electron chi connectivity index (χ1n) is 6.64. The van der Waals surface area contributed by atoms with Crippen LogP contribution in [-0.2, 0) is 21.2 Å². The molecule has 24 heavy (non-hydrogen) atoms. The lowest BCUT2D eigenvalue weighted by Gasteiger charge is -2.16. The summed E-state index contributed by atoms with van der Waals surface area (Å²) in [6.07, 6.45) is -0.0195. The van der Waals surface area contributed by atoms with Crippen molar-refractivity contribution in [2.24, 2.45) is 0 Å². The SMILES string of the molecule is O=C(O)[C@H](Cc1ccccc1)NS(=O)(=O)c1cc(Cl)c(Cl)cc1Cl. The summed E-state index contributed by atoms with van der Waals surface area (Å²) in [5.41, 5.74) is 0.674. The van der Waals surface area contributed by atoms with Crippen molar-refractivity contribution in [2.45, 2.75) is 17.4 Å². The van der Waals surface area contributed by atoms with Crippen LogP contribution in [0.2, 0.25) is 15.1 Å². The van der Waals surface area contributed by atoms with Crippen LogP contribution in [0.1, 0.15) is 5.56 Å². The average molecular weight is 409 g/mol.